The van der Waals surface area contributed by atoms with Gasteiger partial charge in [0.1, 0.15) is 5.82 Å². The molecule has 19 heavy (non-hydrogen) atoms. The van der Waals surface area contributed by atoms with Crippen LogP contribution in [0.15, 0.2) is 18.2 Å². The quantitative estimate of drug-likeness (QED) is 0.569. The Hall–Kier alpha value is -1.17. The number of hydrogen-bond acceptors (Lipinski definition) is 3. The molecule has 0 aliphatic carbocycles. The lowest BCUT2D eigenvalue weighted by Crippen LogP contribution is -2.31. The number of nitrogens with zero attached hydrogens (tertiary/aromatic N) is 1. The zero-order valence-electron chi connectivity index (χ0n) is 11.0. The average Bonchev–Trinajstić information content (AvgIpc) is 2.36. The summed E-state index contributed by atoms with van der Waals surface area (Å²) in [5.41, 5.74) is 5.88. The predicted molar refractivity (Wildman–Crippen MR) is 75.1 cm³/mol. The van der Waals surface area contributed by atoms with Crippen LogP contribution < -0.4 is 5.73 Å². The number of nitrogens with two attached hydrogens (primary N) is 1. The van der Waals surface area contributed by atoms with Gasteiger partial charge in [0.15, 0.2) is 0 Å². The van der Waals surface area contributed by atoms with Gasteiger partial charge in [0.25, 0.3) is 0 Å². The molecule has 0 radical (unpaired) electrons. The first-order valence-electron chi connectivity index (χ1n) is 6.01. The van der Waals surface area contributed by atoms with E-state index in [9.17, 15) is 4.39 Å². The monoisotopic (exact) mass is 287 g/mol. The molecule has 1 aromatic carbocycles. The number of amidine groups is 1. The van der Waals surface area contributed by atoms with E-state index in [1.165, 1.54) is 12.1 Å². The Labute approximate surface area is 117 Å². The van der Waals surface area contributed by atoms with Crippen LogP contribution in [0.25, 0.3) is 0 Å². The maximum absolute atomic E-state index is 13.7. The van der Waals surface area contributed by atoms with Gasteiger partial charge in [0.2, 0.25) is 0 Å². The van der Waals surface area contributed by atoms with Crippen molar-refractivity contribution in [1.29, 1.82) is 5.41 Å². The number of nitrogens with one attached hydrogen (secondary N) is 1. The number of methoxy groups -OCH3 is 1. The van der Waals surface area contributed by atoms with Crippen LogP contribution in [0.3, 0.4) is 0 Å². The first-order valence-corrected chi connectivity index (χ1v) is 6.39. The van der Waals surface area contributed by atoms with Crippen LogP contribution in [-0.4, -0.2) is 37.5 Å². The maximum Gasteiger partial charge on any atom is 0.127 e. The molecule has 3 N–H and O–H groups in total. The zero-order valence-corrected chi connectivity index (χ0v) is 11.7. The summed E-state index contributed by atoms with van der Waals surface area (Å²) in [6.07, 6.45) is 0.450. The van der Waals surface area contributed by atoms with E-state index in [0.717, 1.165) is 0 Å². The molecule has 1 aromatic rings. The van der Waals surface area contributed by atoms with E-state index in [1.807, 2.05) is 4.90 Å². The molecular weight excluding hydrogens is 269 g/mol. The minimum absolute atomic E-state index is 0.119. The Kier molecular flexibility index (Phi) is 6.77. The van der Waals surface area contributed by atoms with Gasteiger partial charge in [-0.05, 0) is 18.2 Å². The van der Waals surface area contributed by atoms with E-state index in [-0.39, 0.29) is 11.7 Å². The predicted octanol–water partition coefficient (Wildman–Crippen LogP) is 2.25. The van der Waals surface area contributed by atoms with Gasteiger partial charge >= 0.3 is 0 Å². The van der Waals surface area contributed by atoms with Gasteiger partial charge in [-0.2, -0.15) is 0 Å². The number of rotatable bonds is 8. The van der Waals surface area contributed by atoms with Crippen molar-refractivity contribution < 1.29 is 9.13 Å². The van der Waals surface area contributed by atoms with Crippen LogP contribution in [0.1, 0.15) is 12.0 Å². The first kappa shape index (κ1) is 15.9. The molecule has 0 aromatic heterocycles. The normalized spacial score (nSPS) is 10.9. The molecule has 6 heteroatoms. The van der Waals surface area contributed by atoms with Crippen molar-refractivity contribution in [2.45, 2.75) is 13.0 Å². The first-order chi connectivity index (χ1) is 9.02. The Morgan fingerprint density at radius 3 is 2.84 bits per heavy atom. The van der Waals surface area contributed by atoms with Gasteiger partial charge in [0, 0.05) is 43.8 Å². The smallest absolute Gasteiger partial charge is 0.127 e. The highest BCUT2D eigenvalue weighted by Crippen LogP contribution is 2.16. The fourth-order valence-corrected chi connectivity index (χ4v) is 1.87. The summed E-state index contributed by atoms with van der Waals surface area (Å²) in [6.45, 7) is 2.20. The third-order valence-corrected chi connectivity index (χ3v) is 2.95. The molecule has 0 amide bonds. The second-order valence-electron chi connectivity index (χ2n) is 4.28. The molecule has 0 aliphatic heterocycles. The molecule has 0 saturated heterocycles. The SMILES string of the molecule is COCCN(CCC(=N)N)Cc1cc(Cl)ccc1F. The summed E-state index contributed by atoms with van der Waals surface area (Å²) in [5, 5.41) is 7.75. The minimum atomic E-state index is -0.283. The van der Waals surface area contributed by atoms with E-state index in [4.69, 9.17) is 27.5 Å². The Bertz CT molecular complexity index is 428. The Morgan fingerprint density at radius 1 is 1.47 bits per heavy atom. The molecule has 0 bridgehead atoms. The highest BCUT2D eigenvalue weighted by atomic mass is 35.5. The molecule has 0 unspecified atom stereocenters. The molecule has 0 saturated carbocycles. The number of halogens is 2. The topological polar surface area (TPSA) is 62.3 Å². The van der Waals surface area contributed by atoms with Crippen LogP contribution in [0.4, 0.5) is 4.39 Å². The fraction of sp³-hybridized carbons (Fsp3) is 0.462. The Balaban J connectivity index is 2.68. The number of benzene rings is 1. The summed E-state index contributed by atoms with van der Waals surface area (Å²) in [6, 6.07) is 4.50. The van der Waals surface area contributed by atoms with Crippen molar-refractivity contribution in [1.82, 2.24) is 4.90 Å². The van der Waals surface area contributed by atoms with Crippen LogP contribution in [0, 0.1) is 11.2 Å². The second-order valence-corrected chi connectivity index (χ2v) is 4.72. The van der Waals surface area contributed by atoms with Crippen LogP contribution in [-0.2, 0) is 11.3 Å². The molecule has 0 spiro atoms. The van der Waals surface area contributed by atoms with Crippen molar-refractivity contribution in [3.63, 3.8) is 0 Å². The number of hydrogen-bond donors (Lipinski definition) is 2. The van der Waals surface area contributed by atoms with Crippen molar-refractivity contribution >= 4 is 17.4 Å². The molecule has 4 nitrogen and oxygen atoms in total. The molecule has 0 heterocycles. The van der Waals surface area contributed by atoms with E-state index in [1.54, 1.807) is 13.2 Å². The number of ether oxygens (including phenoxy) is 1. The molecule has 0 atom stereocenters. The summed E-state index contributed by atoms with van der Waals surface area (Å²) in [7, 11) is 1.61. The average molecular weight is 288 g/mol. The lowest BCUT2D eigenvalue weighted by atomic mass is 10.2. The highest BCUT2D eigenvalue weighted by Gasteiger charge is 2.10. The van der Waals surface area contributed by atoms with Crippen molar-refractivity contribution in [3.8, 4) is 0 Å². The third-order valence-electron chi connectivity index (χ3n) is 2.71. The van der Waals surface area contributed by atoms with Gasteiger partial charge in [-0.25, -0.2) is 4.39 Å². The summed E-state index contributed by atoms with van der Waals surface area (Å²) in [5.74, 6) is -0.163. The fourth-order valence-electron chi connectivity index (χ4n) is 1.67. The summed E-state index contributed by atoms with van der Waals surface area (Å²) >= 11 is 5.87. The van der Waals surface area contributed by atoms with Crippen molar-refractivity contribution in [3.05, 3.63) is 34.6 Å². The van der Waals surface area contributed by atoms with Crippen LogP contribution in [0.5, 0.6) is 0 Å². The van der Waals surface area contributed by atoms with Gasteiger partial charge < -0.3 is 10.5 Å². The minimum Gasteiger partial charge on any atom is -0.388 e. The van der Waals surface area contributed by atoms with E-state index in [0.29, 0.717) is 43.2 Å². The van der Waals surface area contributed by atoms with E-state index >= 15 is 0 Å². The summed E-state index contributed by atoms with van der Waals surface area (Å²) < 4.78 is 18.7. The van der Waals surface area contributed by atoms with Crippen molar-refractivity contribution in [2.75, 3.05) is 26.8 Å². The zero-order chi connectivity index (χ0) is 14.3. The van der Waals surface area contributed by atoms with Gasteiger partial charge in [0.05, 0.1) is 12.4 Å². The second kappa shape index (κ2) is 8.09. The largest absolute Gasteiger partial charge is 0.388 e. The van der Waals surface area contributed by atoms with E-state index < -0.39 is 0 Å². The third kappa shape index (κ3) is 6.00. The van der Waals surface area contributed by atoms with E-state index in [2.05, 4.69) is 0 Å². The molecular formula is C13H19ClFN3O. The van der Waals surface area contributed by atoms with Crippen molar-refractivity contribution in [2.24, 2.45) is 5.73 Å². The van der Waals surface area contributed by atoms with Gasteiger partial charge in [-0.1, -0.05) is 11.6 Å². The lowest BCUT2D eigenvalue weighted by molar-refractivity contribution is 0.145. The lowest BCUT2D eigenvalue weighted by Gasteiger charge is -2.22. The van der Waals surface area contributed by atoms with Gasteiger partial charge in [-0.15, -0.1) is 0 Å². The van der Waals surface area contributed by atoms with Crippen LogP contribution in [0.2, 0.25) is 5.02 Å². The molecule has 1 rings (SSSR count). The standard InChI is InChI=1S/C13H19ClFN3O/c1-19-7-6-18(5-4-13(16)17)9-10-8-11(14)2-3-12(10)15/h2-3,8H,4-7,9H2,1H3,(H3,16,17). The van der Waals surface area contributed by atoms with Crippen LogP contribution >= 0.6 is 11.6 Å². The highest BCUT2D eigenvalue weighted by molar-refractivity contribution is 6.30. The Morgan fingerprint density at radius 2 is 2.21 bits per heavy atom. The molecule has 0 aliphatic rings. The molecule has 0 fully saturated rings. The van der Waals surface area contributed by atoms with Gasteiger partial charge in [-0.3, -0.25) is 10.3 Å². The summed E-state index contributed by atoms with van der Waals surface area (Å²) in [4.78, 5) is 1.99. The molecule has 106 valence electrons. The maximum atomic E-state index is 13.7.